The van der Waals surface area contributed by atoms with Crippen molar-refractivity contribution in [2.45, 2.75) is 32.1 Å². The van der Waals surface area contributed by atoms with Crippen LogP contribution in [0.25, 0.3) is 0 Å². The number of carboxylic acid groups (broad SMARTS) is 4. The molecule has 0 aliphatic rings. The number of rotatable bonds is 19. The largest absolute Gasteiger partial charge is 2.00 e. The second kappa shape index (κ2) is 34.9. The van der Waals surface area contributed by atoms with Crippen LogP contribution in [0.5, 0.6) is 0 Å². The van der Waals surface area contributed by atoms with Crippen molar-refractivity contribution in [2.75, 3.05) is 52.9 Å². The van der Waals surface area contributed by atoms with Crippen molar-refractivity contribution in [1.29, 1.82) is 0 Å². The van der Waals surface area contributed by atoms with E-state index in [4.69, 9.17) is 39.4 Å². The fraction of sp³-hybridized carbons (Fsp3) is 0.765. The summed E-state index contributed by atoms with van der Waals surface area (Å²) in [6, 6.07) is 0. The van der Waals surface area contributed by atoms with Crippen LogP contribution in [-0.4, -0.2) is 108 Å². The van der Waals surface area contributed by atoms with Crippen LogP contribution in [0, 0.1) is 0 Å². The minimum atomic E-state index is -0.906. The Morgan fingerprint density at radius 1 is 0.485 bits per heavy atom. The molecule has 0 amide bonds. The van der Waals surface area contributed by atoms with E-state index in [0.29, 0.717) is 26.2 Å². The topological polar surface area (TPSA) is 276 Å². The zero-order valence-electron chi connectivity index (χ0n) is 18.0. The summed E-state index contributed by atoms with van der Waals surface area (Å²) in [4.78, 5) is 40.2. The van der Waals surface area contributed by atoms with Crippen molar-refractivity contribution >= 4 is 23.9 Å². The van der Waals surface area contributed by atoms with Crippen molar-refractivity contribution < 1.29 is 96.0 Å². The predicted molar refractivity (Wildman–Crippen MR) is 103 cm³/mol. The van der Waals surface area contributed by atoms with Crippen molar-refractivity contribution in [2.24, 2.45) is 0 Å². The number of carbonyl (C=O) groups is 4. The van der Waals surface area contributed by atoms with Crippen LogP contribution in [0.3, 0.4) is 0 Å². The van der Waals surface area contributed by atoms with Crippen LogP contribution in [0.4, 0.5) is 0 Å². The molecule has 0 saturated carbocycles. The van der Waals surface area contributed by atoms with Gasteiger partial charge in [0, 0.05) is 34.1 Å². The third-order valence-corrected chi connectivity index (χ3v) is 2.80. The summed E-state index contributed by atoms with van der Waals surface area (Å²) in [5, 5.41) is 33.1. The summed E-state index contributed by atoms with van der Waals surface area (Å²) in [6.07, 6.45) is 0.494. The van der Waals surface area contributed by atoms with E-state index < -0.39 is 23.9 Å². The van der Waals surface area contributed by atoms with Gasteiger partial charge in [0.15, 0.2) is 0 Å². The molecule has 0 radical (unpaired) electrons. The molecule has 16 heteroatoms. The maximum Gasteiger partial charge on any atom is 0.305 e. The van der Waals surface area contributed by atoms with Crippen LogP contribution in [0.1, 0.15) is 32.1 Å². The molecule has 0 fully saturated rings. The molecule has 0 unspecified atom stereocenters. The van der Waals surface area contributed by atoms with Crippen molar-refractivity contribution in [3.8, 4) is 0 Å². The molecule has 0 aliphatic carbocycles. The Morgan fingerprint density at radius 2 is 0.727 bits per heavy atom. The summed E-state index contributed by atoms with van der Waals surface area (Å²) in [5.74, 6) is -3.54. The van der Waals surface area contributed by atoms with Gasteiger partial charge in [0.25, 0.3) is 0 Å². The fourth-order valence-corrected chi connectivity index (χ4v) is 1.45. The number of aliphatic carboxylic acids is 4. The van der Waals surface area contributed by atoms with E-state index in [9.17, 15) is 19.2 Å². The number of carboxylic acids is 4. The second-order valence-electron chi connectivity index (χ2n) is 5.38. The van der Waals surface area contributed by atoms with E-state index in [-0.39, 0.29) is 96.2 Å². The minimum Gasteiger partial charge on any atom is -2.00 e. The van der Waals surface area contributed by atoms with E-state index in [1.807, 2.05) is 0 Å². The molecule has 0 aromatic heterocycles. The number of ether oxygens (including phenoxy) is 4. The van der Waals surface area contributed by atoms with Gasteiger partial charge in [-0.1, -0.05) is 0 Å². The smallest absolute Gasteiger partial charge is 0.305 e. The van der Waals surface area contributed by atoms with Crippen LogP contribution < -0.4 is 0 Å². The Kier molecular flexibility index (Phi) is 47.5. The number of hydrogen-bond acceptors (Lipinski definition) is 9. The van der Waals surface area contributed by atoms with Gasteiger partial charge in [-0.3, -0.25) is 19.2 Å². The molecule has 0 heterocycles. The molecule has 0 aromatic rings. The number of hydrogen-bond donors (Lipinski definition) is 4. The molecule has 0 spiro atoms. The molecular formula is C17H33O15W-3. The molecule has 0 aliphatic heterocycles. The van der Waals surface area contributed by atoms with E-state index >= 15 is 0 Å². The Morgan fingerprint density at radius 3 is 0.970 bits per heavy atom. The third-order valence-electron chi connectivity index (χ3n) is 2.80. The third kappa shape index (κ3) is 53.5. The van der Waals surface area contributed by atoms with Gasteiger partial charge < -0.3 is 55.8 Å². The van der Waals surface area contributed by atoms with E-state index in [0.717, 1.165) is 0 Å². The summed E-state index contributed by atoms with van der Waals surface area (Å²) < 4.78 is 19.8. The van der Waals surface area contributed by atoms with Gasteiger partial charge in [-0.05, 0) is 6.42 Å². The van der Waals surface area contributed by atoms with Crippen LogP contribution in [0.15, 0.2) is 0 Å². The molecule has 15 nitrogen and oxygen atoms in total. The molecule has 0 atom stereocenters. The molecular weight excluding hydrogens is 628 g/mol. The predicted octanol–water partition coefficient (Wildman–Crippen LogP) is -0.795. The van der Waals surface area contributed by atoms with E-state index in [2.05, 4.69) is 0 Å². The summed E-state index contributed by atoms with van der Waals surface area (Å²) in [6.45, 7) is 2.12. The van der Waals surface area contributed by atoms with Crippen molar-refractivity contribution in [3.63, 3.8) is 0 Å². The van der Waals surface area contributed by atoms with Gasteiger partial charge in [0.05, 0.1) is 65.5 Å². The first-order chi connectivity index (χ1) is 13.8. The fourth-order valence-electron chi connectivity index (χ4n) is 1.45. The Balaban J connectivity index is -0.0000000987. The van der Waals surface area contributed by atoms with Crippen molar-refractivity contribution in [3.05, 3.63) is 0 Å². The van der Waals surface area contributed by atoms with E-state index in [1.165, 1.54) is 0 Å². The molecule has 0 saturated heterocycles. The monoisotopic (exact) mass is 661 g/mol. The summed E-state index contributed by atoms with van der Waals surface area (Å²) >= 11 is 0. The first-order valence-electron chi connectivity index (χ1n) is 8.93. The normalized spacial score (nSPS) is 8.85. The van der Waals surface area contributed by atoms with Gasteiger partial charge in [-0.15, -0.1) is 0 Å². The second-order valence-corrected chi connectivity index (χ2v) is 5.38. The zero-order chi connectivity index (χ0) is 22.3. The molecule has 33 heavy (non-hydrogen) atoms. The minimum absolute atomic E-state index is 0. The average Bonchev–Trinajstić information content (AvgIpc) is 2.62. The molecule has 7 N–H and O–H groups in total. The SMILES string of the molecule is O.O=C(O)CCCOCCOCCC(=O)O.O=C(O)CCOCCOCCC(=O)O.[O-2].[OH-].[W]. The van der Waals surface area contributed by atoms with Gasteiger partial charge in [-0.2, -0.15) is 0 Å². The average molecular weight is 661 g/mol. The molecule has 200 valence electrons. The first kappa shape index (κ1) is 44.9. The molecule has 0 aromatic carbocycles. The molecule has 0 rings (SSSR count). The Labute approximate surface area is 205 Å². The Bertz CT molecular complexity index is 422. The van der Waals surface area contributed by atoms with Gasteiger partial charge in [0.1, 0.15) is 0 Å². The van der Waals surface area contributed by atoms with Gasteiger partial charge in [-0.25, -0.2) is 0 Å². The Hall–Kier alpha value is -1.71. The van der Waals surface area contributed by atoms with E-state index in [1.54, 1.807) is 0 Å². The quantitative estimate of drug-likeness (QED) is 0.124. The first-order valence-corrected chi connectivity index (χ1v) is 8.93. The van der Waals surface area contributed by atoms with Gasteiger partial charge >= 0.3 is 23.9 Å². The standard InChI is InChI=1S/C9H16O6.C8H14O6.2H2O.O.W/c10-8(11)2-1-4-14-6-7-15-5-3-9(12)13;9-7(10)1-3-13-5-6-14-4-2-8(11)12;;;;/h1-7H2,(H,10,11)(H,12,13);1-6H2,(H,9,10)(H,11,12);2*1H2;;/q;;;;-2;/p-1. The van der Waals surface area contributed by atoms with Crippen LogP contribution in [-0.2, 0) is 64.7 Å². The molecule has 0 bridgehead atoms. The van der Waals surface area contributed by atoms with Gasteiger partial charge in [0.2, 0.25) is 0 Å². The maximum atomic E-state index is 10.1. The van der Waals surface area contributed by atoms with Crippen molar-refractivity contribution in [1.82, 2.24) is 0 Å². The zero-order valence-corrected chi connectivity index (χ0v) is 20.9. The summed E-state index contributed by atoms with van der Waals surface area (Å²) in [5.41, 5.74) is 0. The summed E-state index contributed by atoms with van der Waals surface area (Å²) in [7, 11) is 0. The van der Waals surface area contributed by atoms with Crippen LogP contribution >= 0.6 is 0 Å². The maximum absolute atomic E-state index is 10.1. The van der Waals surface area contributed by atoms with Crippen LogP contribution in [0.2, 0.25) is 0 Å².